The maximum Gasteiger partial charge on any atom is 0.253 e. The van der Waals surface area contributed by atoms with E-state index in [0.29, 0.717) is 22.4 Å². The number of hydrogen-bond acceptors (Lipinski definition) is 10. The highest BCUT2D eigenvalue weighted by Crippen LogP contribution is 2.38. The number of carbonyl (C=O) groups is 2. The van der Waals surface area contributed by atoms with Crippen molar-refractivity contribution in [3.8, 4) is 17.2 Å². The van der Waals surface area contributed by atoms with Crippen LogP contribution in [0, 0.1) is 0 Å². The number of pyridine rings is 1. The summed E-state index contributed by atoms with van der Waals surface area (Å²) in [6.45, 7) is 0. The Balaban J connectivity index is 0.000000623. The van der Waals surface area contributed by atoms with Crippen LogP contribution in [0.4, 0.5) is 5.69 Å². The van der Waals surface area contributed by atoms with Gasteiger partial charge in [-0.2, -0.15) is 0 Å². The van der Waals surface area contributed by atoms with E-state index in [0.717, 1.165) is 12.8 Å². The van der Waals surface area contributed by atoms with Crippen LogP contribution in [-0.4, -0.2) is 47.5 Å². The summed E-state index contributed by atoms with van der Waals surface area (Å²) in [5, 5.41) is 3.53. The minimum absolute atomic E-state index is 0.114. The molecule has 1 aromatic heterocycles. The van der Waals surface area contributed by atoms with Crippen LogP contribution in [0.15, 0.2) is 36.5 Å². The predicted octanol–water partition coefficient (Wildman–Crippen LogP) is 1.92. The van der Waals surface area contributed by atoms with E-state index in [4.69, 9.17) is 50.1 Å². The third-order valence-electron chi connectivity index (χ3n) is 4.81. The zero-order valence-electron chi connectivity index (χ0n) is 18.1. The van der Waals surface area contributed by atoms with Crippen LogP contribution in [0.2, 0.25) is 5.02 Å². The highest BCUT2D eigenvalue weighted by Gasteiger charge is 2.26. The van der Waals surface area contributed by atoms with Gasteiger partial charge in [0.05, 0.1) is 34.5 Å². The highest BCUT2D eigenvalue weighted by molar-refractivity contribution is 7.79. The minimum atomic E-state index is -5.17. The zero-order chi connectivity index (χ0) is 25.9. The Morgan fingerprint density at radius 3 is 2.34 bits per heavy atom. The van der Waals surface area contributed by atoms with Crippen LogP contribution in [0.3, 0.4) is 0 Å². The number of nitrogens with one attached hydrogen (secondary N) is 1. The van der Waals surface area contributed by atoms with Crippen molar-refractivity contribution in [3.05, 3.63) is 52.7 Å². The van der Waals surface area contributed by atoms with Crippen LogP contribution >= 0.6 is 11.6 Å². The molecule has 1 aliphatic rings. The lowest BCUT2D eigenvalue weighted by Gasteiger charge is -2.15. The van der Waals surface area contributed by atoms with E-state index in [1.54, 1.807) is 36.5 Å². The summed E-state index contributed by atoms with van der Waals surface area (Å²) in [6, 6.07) is 8.12. The predicted molar refractivity (Wildman–Crippen MR) is 124 cm³/mol. The number of aromatic nitrogens is 1. The fourth-order valence-corrected chi connectivity index (χ4v) is 3.29. The second-order valence-corrected chi connectivity index (χ2v) is 8.53. The van der Waals surface area contributed by atoms with E-state index in [1.807, 2.05) is 0 Å². The largest absolute Gasteiger partial charge is 0.759 e. The molecule has 1 saturated carbocycles. The number of halogens is 1. The number of rotatable bonds is 6. The first kappa shape index (κ1) is 26.0. The van der Waals surface area contributed by atoms with Crippen LogP contribution in [-0.2, 0) is 10.4 Å². The van der Waals surface area contributed by atoms with E-state index in [-0.39, 0.29) is 39.5 Å². The number of primary amides is 1. The van der Waals surface area contributed by atoms with Crippen LogP contribution in [0.25, 0.3) is 10.9 Å². The Morgan fingerprint density at radius 2 is 1.77 bits per heavy atom. The Labute approximate surface area is 204 Å². The monoisotopic (exact) mass is 522 g/mol. The number of fused-ring (bicyclic) bond motifs is 1. The van der Waals surface area contributed by atoms with Gasteiger partial charge < -0.3 is 35.4 Å². The SMILES string of the molecule is COc1cc2nccc(Oc3ccc(C(=O)NC4CC4)c(Cl)c3N)c2cc1C(N)=O.O=S(=O)([O-])[O-]. The average molecular weight is 523 g/mol. The molecule has 3 aromatic rings. The first-order valence-corrected chi connectivity index (χ1v) is 11.6. The maximum atomic E-state index is 12.3. The molecule has 1 fully saturated rings. The third kappa shape index (κ3) is 6.70. The van der Waals surface area contributed by atoms with Gasteiger partial charge in [-0.25, -0.2) is 0 Å². The van der Waals surface area contributed by atoms with Crippen molar-refractivity contribution >= 4 is 50.4 Å². The molecule has 2 amide bonds. The van der Waals surface area contributed by atoms with Crippen molar-refractivity contribution in [1.82, 2.24) is 10.3 Å². The van der Waals surface area contributed by atoms with Gasteiger partial charge in [-0.05, 0) is 37.1 Å². The summed E-state index contributed by atoms with van der Waals surface area (Å²) in [5.41, 5.74) is 12.7. The Bertz CT molecular complexity index is 1400. The number of ether oxygens (including phenoxy) is 2. The molecule has 0 aliphatic heterocycles. The van der Waals surface area contributed by atoms with Gasteiger partial charge >= 0.3 is 0 Å². The first-order chi connectivity index (χ1) is 16.4. The van der Waals surface area contributed by atoms with Crippen molar-refractivity contribution in [2.24, 2.45) is 5.73 Å². The summed E-state index contributed by atoms with van der Waals surface area (Å²) in [7, 11) is -3.72. The lowest BCUT2D eigenvalue weighted by Crippen LogP contribution is -2.25. The fraction of sp³-hybridized carbons (Fsp3) is 0.190. The lowest BCUT2D eigenvalue weighted by atomic mass is 10.1. The molecule has 4 rings (SSSR count). The van der Waals surface area contributed by atoms with Crippen LogP contribution in [0.1, 0.15) is 33.6 Å². The van der Waals surface area contributed by atoms with Gasteiger partial charge in [0.15, 0.2) is 5.75 Å². The van der Waals surface area contributed by atoms with Crippen molar-refractivity contribution in [2.75, 3.05) is 12.8 Å². The van der Waals surface area contributed by atoms with Gasteiger partial charge in [0.2, 0.25) is 0 Å². The number of hydrogen-bond donors (Lipinski definition) is 3. The summed E-state index contributed by atoms with van der Waals surface area (Å²) in [4.78, 5) is 28.4. The molecule has 0 bridgehead atoms. The fourth-order valence-electron chi connectivity index (χ4n) is 3.05. The first-order valence-electron chi connectivity index (χ1n) is 9.89. The summed E-state index contributed by atoms with van der Waals surface area (Å²) in [5.74, 6) is 0.0636. The zero-order valence-corrected chi connectivity index (χ0v) is 19.7. The number of amides is 2. The maximum absolute atomic E-state index is 12.3. The van der Waals surface area contributed by atoms with Crippen molar-refractivity contribution in [2.45, 2.75) is 18.9 Å². The number of anilines is 1. The molecule has 5 N–H and O–H groups in total. The van der Waals surface area contributed by atoms with Crippen LogP contribution < -0.4 is 26.3 Å². The van der Waals surface area contributed by atoms with Crippen molar-refractivity contribution in [1.29, 1.82) is 0 Å². The Morgan fingerprint density at radius 1 is 1.11 bits per heavy atom. The van der Waals surface area contributed by atoms with Gasteiger partial charge in [-0.3, -0.25) is 23.0 Å². The average Bonchev–Trinajstić information content (AvgIpc) is 3.59. The molecule has 35 heavy (non-hydrogen) atoms. The van der Waals surface area contributed by atoms with Gasteiger partial charge in [0, 0.05) is 34.1 Å². The molecule has 0 spiro atoms. The van der Waals surface area contributed by atoms with E-state index >= 15 is 0 Å². The second-order valence-electron chi connectivity index (χ2n) is 7.34. The van der Waals surface area contributed by atoms with Crippen molar-refractivity contribution < 1.29 is 36.6 Å². The summed E-state index contributed by atoms with van der Waals surface area (Å²) < 4.78 is 45.3. The molecule has 12 nitrogen and oxygen atoms in total. The van der Waals surface area contributed by atoms with E-state index in [9.17, 15) is 9.59 Å². The van der Waals surface area contributed by atoms with Gasteiger partial charge in [0.1, 0.15) is 11.5 Å². The molecule has 186 valence electrons. The Hall–Kier alpha value is -3.65. The molecule has 1 aliphatic carbocycles. The van der Waals surface area contributed by atoms with Gasteiger partial charge in [0.25, 0.3) is 11.8 Å². The molecule has 0 unspecified atom stereocenters. The quantitative estimate of drug-likeness (QED) is 0.243. The molecular weight excluding hydrogens is 504 g/mol. The van der Waals surface area contributed by atoms with Crippen molar-refractivity contribution in [3.63, 3.8) is 0 Å². The highest BCUT2D eigenvalue weighted by atomic mass is 35.5. The number of nitrogens with two attached hydrogens (primary N) is 2. The Kier molecular flexibility index (Phi) is 7.65. The third-order valence-corrected chi connectivity index (χ3v) is 5.21. The number of carbonyl (C=O) groups excluding carboxylic acids is 2. The minimum Gasteiger partial charge on any atom is -0.759 e. The number of nitrogens with zero attached hydrogens (tertiary/aromatic N) is 1. The molecule has 0 saturated heterocycles. The summed E-state index contributed by atoms with van der Waals surface area (Å²) >= 11 is 6.33. The topological polar surface area (TPSA) is 210 Å². The normalized spacial score (nSPS) is 12.9. The second kappa shape index (κ2) is 10.3. The van der Waals surface area contributed by atoms with E-state index in [2.05, 4.69) is 10.3 Å². The number of methoxy groups -OCH3 is 1. The van der Waals surface area contributed by atoms with E-state index in [1.165, 1.54) is 7.11 Å². The molecular formula is C21H19ClN4O8S-2. The van der Waals surface area contributed by atoms with Gasteiger partial charge in [-0.1, -0.05) is 11.6 Å². The standard InChI is InChI=1S/C21H19ClN4O4.H2O4S/c1-29-17-9-14-12(8-13(17)20(24)27)15(6-7-25-14)30-16-5-4-11(18(22)19(16)23)21(28)26-10-2-3-10;1-5(2,3)4/h4-10H,2-3,23H2,1H3,(H2,24,27)(H,26,28);(H2,1,2,3,4)/p-2. The number of nitrogen functional groups attached to an aromatic ring is 1. The molecule has 2 aromatic carbocycles. The lowest BCUT2D eigenvalue weighted by molar-refractivity contribution is 0.0949. The molecule has 0 atom stereocenters. The molecule has 0 radical (unpaired) electrons. The number of benzene rings is 2. The summed E-state index contributed by atoms with van der Waals surface area (Å²) in [6.07, 6.45) is 3.48. The van der Waals surface area contributed by atoms with E-state index < -0.39 is 16.3 Å². The van der Waals surface area contributed by atoms with Gasteiger partial charge in [-0.15, -0.1) is 0 Å². The smallest absolute Gasteiger partial charge is 0.253 e. The molecule has 1 heterocycles. The van der Waals surface area contributed by atoms with Crippen LogP contribution in [0.5, 0.6) is 17.2 Å². The molecule has 14 heteroatoms.